The van der Waals surface area contributed by atoms with Gasteiger partial charge in [0.2, 0.25) is 0 Å². The van der Waals surface area contributed by atoms with Crippen molar-refractivity contribution < 1.29 is 19.1 Å². The minimum Gasteiger partial charge on any atom is -0.483 e. The molecule has 0 aliphatic carbocycles. The van der Waals surface area contributed by atoms with Crippen molar-refractivity contribution in [3.05, 3.63) is 59.2 Å². The van der Waals surface area contributed by atoms with Crippen LogP contribution in [0.5, 0.6) is 11.5 Å². The van der Waals surface area contributed by atoms with Gasteiger partial charge in [0.15, 0.2) is 12.7 Å². The van der Waals surface area contributed by atoms with Crippen LogP contribution in [-0.4, -0.2) is 24.5 Å². The monoisotopic (exact) mass is 356 g/mol. The van der Waals surface area contributed by atoms with Crippen LogP contribution in [0, 0.1) is 20.8 Å². The number of benzene rings is 2. The van der Waals surface area contributed by atoms with Crippen LogP contribution in [0.4, 0.5) is 0 Å². The SMILES string of the molecule is Cc1cccc(OC(C)C(=O)NNC(=O)COc2c(C)cccc2C)c1. The van der Waals surface area contributed by atoms with Crippen LogP contribution < -0.4 is 20.3 Å². The highest BCUT2D eigenvalue weighted by molar-refractivity contribution is 5.85. The van der Waals surface area contributed by atoms with Crippen LogP contribution in [0.3, 0.4) is 0 Å². The molecule has 2 amide bonds. The lowest BCUT2D eigenvalue weighted by Gasteiger charge is -2.16. The van der Waals surface area contributed by atoms with E-state index in [1.165, 1.54) is 0 Å². The van der Waals surface area contributed by atoms with Gasteiger partial charge in [-0.25, -0.2) is 0 Å². The molecule has 0 aliphatic rings. The van der Waals surface area contributed by atoms with Crippen LogP contribution in [0.1, 0.15) is 23.6 Å². The van der Waals surface area contributed by atoms with Gasteiger partial charge in [0.1, 0.15) is 11.5 Å². The van der Waals surface area contributed by atoms with Gasteiger partial charge in [0.05, 0.1) is 0 Å². The zero-order valence-corrected chi connectivity index (χ0v) is 15.5. The molecule has 0 bridgehead atoms. The van der Waals surface area contributed by atoms with Gasteiger partial charge >= 0.3 is 0 Å². The largest absolute Gasteiger partial charge is 0.483 e. The molecule has 1 unspecified atom stereocenters. The van der Waals surface area contributed by atoms with E-state index >= 15 is 0 Å². The van der Waals surface area contributed by atoms with Crippen LogP contribution in [-0.2, 0) is 9.59 Å². The topological polar surface area (TPSA) is 76.7 Å². The number of carbonyl (C=O) groups excluding carboxylic acids is 2. The Morgan fingerprint density at radius 3 is 2.31 bits per heavy atom. The molecule has 2 aromatic rings. The first-order valence-electron chi connectivity index (χ1n) is 8.38. The van der Waals surface area contributed by atoms with E-state index in [0.717, 1.165) is 16.7 Å². The van der Waals surface area contributed by atoms with E-state index in [4.69, 9.17) is 9.47 Å². The van der Waals surface area contributed by atoms with Gasteiger partial charge in [-0.15, -0.1) is 0 Å². The highest BCUT2D eigenvalue weighted by atomic mass is 16.5. The third-order valence-electron chi connectivity index (χ3n) is 3.75. The summed E-state index contributed by atoms with van der Waals surface area (Å²) in [4.78, 5) is 23.9. The number of aryl methyl sites for hydroxylation is 3. The summed E-state index contributed by atoms with van der Waals surface area (Å²) in [6.07, 6.45) is -0.753. The third kappa shape index (κ3) is 5.51. The molecule has 0 radical (unpaired) electrons. The number of rotatable bonds is 6. The molecule has 2 N–H and O–H groups in total. The Hall–Kier alpha value is -3.02. The molecule has 0 saturated carbocycles. The Morgan fingerprint density at radius 2 is 1.65 bits per heavy atom. The molecule has 138 valence electrons. The highest BCUT2D eigenvalue weighted by Crippen LogP contribution is 2.22. The van der Waals surface area contributed by atoms with E-state index < -0.39 is 17.9 Å². The predicted octanol–water partition coefficient (Wildman–Crippen LogP) is 2.61. The van der Waals surface area contributed by atoms with E-state index in [9.17, 15) is 9.59 Å². The normalized spacial score (nSPS) is 11.4. The second kappa shape index (κ2) is 8.89. The maximum Gasteiger partial charge on any atom is 0.279 e. The highest BCUT2D eigenvalue weighted by Gasteiger charge is 2.16. The van der Waals surface area contributed by atoms with E-state index in [2.05, 4.69) is 10.9 Å². The summed E-state index contributed by atoms with van der Waals surface area (Å²) in [6.45, 7) is 7.17. The van der Waals surface area contributed by atoms with Crippen LogP contribution in [0.2, 0.25) is 0 Å². The second-order valence-electron chi connectivity index (χ2n) is 6.12. The molecule has 0 saturated heterocycles. The number of carbonyl (C=O) groups is 2. The van der Waals surface area contributed by atoms with Crippen molar-refractivity contribution >= 4 is 11.8 Å². The van der Waals surface area contributed by atoms with Gasteiger partial charge in [-0.1, -0.05) is 30.3 Å². The van der Waals surface area contributed by atoms with Gasteiger partial charge in [-0.05, 0) is 56.5 Å². The van der Waals surface area contributed by atoms with E-state index in [-0.39, 0.29) is 6.61 Å². The molecule has 0 aromatic heterocycles. The van der Waals surface area contributed by atoms with Gasteiger partial charge in [0, 0.05) is 0 Å². The molecular weight excluding hydrogens is 332 g/mol. The zero-order valence-electron chi connectivity index (χ0n) is 15.5. The number of hydrogen-bond donors (Lipinski definition) is 2. The van der Waals surface area contributed by atoms with Crippen LogP contribution in [0.15, 0.2) is 42.5 Å². The quantitative estimate of drug-likeness (QED) is 0.780. The average molecular weight is 356 g/mol. The first kappa shape index (κ1) is 19.3. The standard InChI is InChI=1S/C20H24N2O4/c1-13-7-5-10-17(11-13)26-16(4)20(24)22-21-18(23)12-25-19-14(2)8-6-9-15(19)3/h5-11,16H,12H2,1-4H3,(H,21,23)(H,22,24). The first-order chi connectivity index (χ1) is 12.4. The molecule has 0 aliphatic heterocycles. The summed E-state index contributed by atoms with van der Waals surface area (Å²) >= 11 is 0. The van der Waals surface area contributed by atoms with Gasteiger partial charge in [-0.3, -0.25) is 20.4 Å². The number of para-hydroxylation sites is 1. The number of hydrazine groups is 1. The third-order valence-corrected chi connectivity index (χ3v) is 3.75. The Labute approximate surface area is 153 Å². The Balaban J connectivity index is 1.78. The lowest BCUT2D eigenvalue weighted by atomic mass is 10.1. The molecule has 6 nitrogen and oxygen atoms in total. The van der Waals surface area contributed by atoms with Crippen molar-refractivity contribution in [1.29, 1.82) is 0 Å². The summed E-state index contributed by atoms with van der Waals surface area (Å²) < 4.78 is 11.1. The fraction of sp³-hybridized carbons (Fsp3) is 0.300. The number of ether oxygens (including phenoxy) is 2. The van der Waals surface area contributed by atoms with Crippen molar-refractivity contribution in [2.45, 2.75) is 33.8 Å². The maximum absolute atomic E-state index is 12.0. The number of nitrogens with one attached hydrogen (secondary N) is 2. The minimum atomic E-state index is -0.753. The van der Waals surface area contributed by atoms with Crippen molar-refractivity contribution in [2.75, 3.05) is 6.61 Å². The predicted molar refractivity (Wildman–Crippen MR) is 99.0 cm³/mol. The molecule has 2 aromatic carbocycles. The molecule has 0 spiro atoms. The fourth-order valence-corrected chi connectivity index (χ4v) is 2.38. The maximum atomic E-state index is 12.0. The zero-order chi connectivity index (χ0) is 19.1. The molecule has 6 heteroatoms. The Bertz CT molecular complexity index is 769. The van der Waals surface area contributed by atoms with Crippen molar-refractivity contribution in [1.82, 2.24) is 10.9 Å². The smallest absolute Gasteiger partial charge is 0.279 e. The lowest BCUT2D eigenvalue weighted by Crippen LogP contribution is -2.48. The summed E-state index contributed by atoms with van der Waals surface area (Å²) in [5, 5.41) is 0. The minimum absolute atomic E-state index is 0.195. The van der Waals surface area contributed by atoms with Gasteiger partial charge < -0.3 is 9.47 Å². The fourth-order valence-electron chi connectivity index (χ4n) is 2.38. The molecule has 1 atom stereocenters. The van der Waals surface area contributed by atoms with E-state index in [0.29, 0.717) is 11.5 Å². The molecule has 0 fully saturated rings. The summed E-state index contributed by atoms with van der Waals surface area (Å²) in [5.41, 5.74) is 7.59. The van der Waals surface area contributed by atoms with Crippen molar-refractivity contribution in [3.8, 4) is 11.5 Å². The Kier molecular flexibility index (Phi) is 6.60. The van der Waals surface area contributed by atoms with E-state index in [1.54, 1.807) is 13.0 Å². The summed E-state index contributed by atoms with van der Waals surface area (Å²) in [5.74, 6) is 0.359. The van der Waals surface area contributed by atoms with Crippen LogP contribution in [0.25, 0.3) is 0 Å². The first-order valence-corrected chi connectivity index (χ1v) is 8.38. The Morgan fingerprint density at radius 1 is 1.00 bits per heavy atom. The molecular formula is C20H24N2O4. The molecule has 2 rings (SSSR count). The average Bonchev–Trinajstić information content (AvgIpc) is 2.59. The number of hydrogen-bond acceptors (Lipinski definition) is 4. The van der Waals surface area contributed by atoms with Gasteiger partial charge in [0.25, 0.3) is 11.8 Å². The number of amides is 2. The second-order valence-corrected chi connectivity index (χ2v) is 6.12. The lowest BCUT2D eigenvalue weighted by molar-refractivity contribution is -0.133. The molecule has 26 heavy (non-hydrogen) atoms. The summed E-state index contributed by atoms with van der Waals surface area (Å²) in [6, 6.07) is 13.1. The molecule has 0 heterocycles. The van der Waals surface area contributed by atoms with E-state index in [1.807, 2.05) is 57.2 Å². The van der Waals surface area contributed by atoms with Gasteiger partial charge in [-0.2, -0.15) is 0 Å². The summed E-state index contributed by atoms with van der Waals surface area (Å²) in [7, 11) is 0. The van der Waals surface area contributed by atoms with Crippen molar-refractivity contribution in [2.24, 2.45) is 0 Å². The van der Waals surface area contributed by atoms with Crippen LogP contribution >= 0.6 is 0 Å². The van der Waals surface area contributed by atoms with Crippen molar-refractivity contribution in [3.63, 3.8) is 0 Å².